The van der Waals surface area contributed by atoms with Crippen LogP contribution in [0.25, 0.3) is 0 Å². The lowest BCUT2D eigenvalue weighted by atomic mass is 10.8. The van der Waals surface area contributed by atoms with Crippen LogP contribution in [0.15, 0.2) is 0 Å². The zero-order valence-corrected chi connectivity index (χ0v) is 3.63. The van der Waals surface area contributed by atoms with E-state index in [9.17, 15) is 4.79 Å². The molecule has 4 heteroatoms. The third-order valence-electron chi connectivity index (χ3n) is 0.300. The molecule has 1 amide bonds. The van der Waals surface area contributed by atoms with Crippen LogP contribution in [0.3, 0.4) is 0 Å². The fraction of sp³-hybridized carbons (Fsp3) is 0.667. The smallest absolute Gasteiger partial charge is 0.404 e. The number of carbonyl (C=O) groups excluding carboxylic acids is 1. The van der Waals surface area contributed by atoms with Crippen LogP contribution in [-0.2, 0) is 4.74 Å². The highest BCUT2D eigenvalue weighted by Gasteiger charge is 1.87. The van der Waals surface area contributed by atoms with E-state index in [1.807, 2.05) is 0 Å². The van der Waals surface area contributed by atoms with E-state index in [1.165, 1.54) is 0 Å². The van der Waals surface area contributed by atoms with Gasteiger partial charge >= 0.3 is 6.09 Å². The second-order valence-corrected chi connectivity index (χ2v) is 0.813. The first kappa shape index (κ1) is 4.39. The van der Waals surface area contributed by atoms with Crippen LogP contribution in [0.4, 0.5) is 4.79 Å². The minimum Gasteiger partial charge on any atom is -0.447 e. The predicted molar refractivity (Wildman–Crippen MR) is 22.6 cm³/mol. The largest absolute Gasteiger partial charge is 0.447 e. The Morgan fingerprint density at radius 2 is 2.71 bits per heavy atom. The van der Waals surface area contributed by atoms with Gasteiger partial charge in [0.2, 0.25) is 0 Å². The summed E-state index contributed by atoms with van der Waals surface area (Å²) in [6.45, 7) is -1.75. The number of ether oxygens (including phenoxy) is 1. The number of rotatable bonds is 2. The van der Waals surface area contributed by atoms with Crippen molar-refractivity contribution < 1.29 is 16.0 Å². The monoisotopic (exact) mass is 106 g/mol. The molecule has 0 aliphatic heterocycles. The molecule has 0 saturated carbocycles. The Labute approximate surface area is 42.3 Å². The predicted octanol–water partition coefficient (Wildman–Crippen LogP) is -0.926. The van der Waals surface area contributed by atoms with Gasteiger partial charge in [-0.05, 0) is 0 Å². The molecule has 0 aromatic heterocycles. The third kappa shape index (κ3) is 5.23. The molecule has 7 heavy (non-hydrogen) atoms. The highest BCUT2D eigenvalue weighted by Crippen LogP contribution is 1.67. The molecule has 3 N–H and O–H groups in total. The molecule has 0 aliphatic rings. The summed E-state index contributed by atoms with van der Waals surface area (Å²) in [5, 5.41) is 8.14. The average Bonchev–Trinajstić information content (AvgIpc) is 1.61. The fourth-order valence-electron chi connectivity index (χ4n) is 0.119. The molecule has 0 heterocycles. The number of nitrogens with two attached hydrogens (primary N) is 1. The van der Waals surface area contributed by atoms with Crippen molar-refractivity contribution in [1.82, 2.24) is 0 Å². The molecule has 0 aromatic rings. The summed E-state index contributed by atoms with van der Waals surface area (Å²) in [6, 6.07) is 0. The van der Waals surface area contributed by atoms with Crippen LogP contribution in [0, 0.1) is 0 Å². The minimum atomic E-state index is -1.39. The van der Waals surface area contributed by atoms with Crippen molar-refractivity contribution in [2.45, 2.75) is 0 Å². The molecule has 0 fully saturated rings. The summed E-state index contributed by atoms with van der Waals surface area (Å²) in [7, 11) is 0. The van der Waals surface area contributed by atoms with Gasteiger partial charge in [0.05, 0.1) is 7.95 Å². The lowest BCUT2D eigenvalue weighted by molar-refractivity contribution is 0.127. The maximum atomic E-state index is 9.71. The summed E-state index contributed by atoms with van der Waals surface area (Å²) < 4.78 is 10.4. The number of amides is 1. The molecular formula is C3H7NO3. The quantitative estimate of drug-likeness (QED) is 0.478. The van der Waals surface area contributed by atoms with Gasteiger partial charge in [-0.25, -0.2) is 4.79 Å². The lowest BCUT2D eigenvalue weighted by Crippen LogP contribution is -2.15. The van der Waals surface area contributed by atoms with Crippen molar-refractivity contribution in [3.05, 3.63) is 0 Å². The number of hydrogen-bond acceptors (Lipinski definition) is 3. The highest BCUT2D eigenvalue weighted by molar-refractivity contribution is 5.64. The van der Waals surface area contributed by atoms with Gasteiger partial charge < -0.3 is 15.6 Å². The van der Waals surface area contributed by atoms with Crippen molar-refractivity contribution in [3.8, 4) is 0 Å². The SMILES string of the molecule is [2H]C(O)COC(N)=O. The Morgan fingerprint density at radius 3 is 2.86 bits per heavy atom. The second kappa shape index (κ2) is 3.42. The van der Waals surface area contributed by atoms with E-state index in [-0.39, 0.29) is 6.61 Å². The van der Waals surface area contributed by atoms with Gasteiger partial charge in [0, 0.05) is 0 Å². The van der Waals surface area contributed by atoms with E-state index in [0.29, 0.717) is 0 Å². The van der Waals surface area contributed by atoms with Crippen LogP contribution in [-0.4, -0.2) is 24.4 Å². The molecule has 0 bridgehead atoms. The van der Waals surface area contributed by atoms with Crippen molar-refractivity contribution >= 4 is 6.09 Å². The maximum absolute atomic E-state index is 9.71. The number of aliphatic hydroxyl groups is 1. The zero-order chi connectivity index (χ0) is 6.57. The molecule has 0 spiro atoms. The van der Waals surface area contributed by atoms with Crippen molar-refractivity contribution in [1.29, 1.82) is 0 Å². The molecule has 0 aliphatic carbocycles. The van der Waals surface area contributed by atoms with Crippen LogP contribution in [0.2, 0.25) is 0 Å². The first-order valence-corrected chi connectivity index (χ1v) is 1.65. The van der Waals surface area contributed by atoms with Crippen molar-refractivity contribution in [3.63, 3.8) is 0 Å². The van der Waals surface area contributed by atoms with Gasteiger partial charge in [0.1, 0.15) is 6.61 Å². The normalized spacial score (nSPS) is 14.7. The number of primary amides is 1. The highest BCUT2D eigenvalue weighted by atomic mass is 16.6. The number of aliphatic hydroxyl groups excluding tert-OH is 1. The molecule has 0 rings (SSSR count). The molecule has 0 aromatic carbocycles. The van der Waals surface area contributed by atoms with Gasteiger partial charge in [-0.15, -0.1) is 0 Å². The molecule has 1 atom stereocenters. The van der Waals surface area contributed by atoms with E-state index in [4.69, 9.17) is 6.48 Å². The van der Waals surface area contributed by atoms with E-state index in [0.717, 1.165) is 0 Å². The Kier molecular flexibility index (Phi) is 2.15. The molecule has 42 valence electrons. The van der Waals surface area contributed by atoms with Crippen LogP contribution < -0.4 is 5.73 Å². The summed E-state index contributed by atoms with van der Waals surface area (Å²) in [5.74, 6) is 0. The van der Waals surface area contributed by atoms with Gasteiger partial charge in [0.15, 0.2) is 0 Å². The van der Waals surface area contributed by atoms with Crippen LogP contribution in [0.1, 0.15) is 1.37 Å². The summed E-state index contributed by atoms with van der Waals surface area (Å²) in [6.07, 6.45) is -0.976. The van der Waals surface area contributed by atoms with Gasteiger partial charge in [-0.2, -0.15) is 0 Å². The maximum Gasteiger partial charge on any atom is 0.404 e. The van der Waals surface area contributed by atoms with E-state index < -0.39 is 12.7 Å². The summed E-state index contributed by atoms with van der Waals surface area (Å²) >= 11 is 0. The van der Waals surface area contributed by atoms with E-state index in [1.54, 1.807) is 0 Å². The topological polar surface area (TPSA) is 72.6 Å². The number of hydrogen-bond donors (Lipinski definition) is 2. The Bertz CT molecular complexity index is 84.6. The zero-order valence-electron chi connectivity index (χ0n) is 4.63. The summed E-state index contributed by atoms with van der Waals surface area (Å²) in [4.78, 5) is 9.71. The minimum absolute atomic E-state index is 0.366. The molecule has 0 radical (unpaired) electrons. The standard InChI is InChI=1S/C3H7NO3/c4-3(6)7-2-1-5/h5H,1-2H2,(H2,4,6)/i1D. The Morgan fingerprint density at radius 1 is 2.14 bits per heavy atom. The Hall–Kier alpha value is -0.770. The first-order chi connectivity index (χ1) is 3.63. The van der Waals surface area contributed by atoms with E-state index in [2.05, 4.69) is 10.5 Å². The molecular weight excluding hydrogens is 98.0 g/mol. The molecule has 4 nitrogen and oxygen atoms in total. The summed E-state index contributed by atoms with van der Waals surface area (Å²) in [5.41, 5.74) is 4.49. The Balaban J connectivity index is 3.05. The second-order valence-electron chi connectivity index (χ2n) is 0.813. The van der Waals surface area contributed by atoms with Crippen molar-refractivity contribution in [2.24, 2.45) is 5.73 Å². The van der Waals surface area contributed by atoms with Gasteiger partial charge in [0.25, 0.3) is 0 Å². The van der Waals surface area contributed by atoms with Crippen molar-refractivity contribution in [2.75, 3.05) is 13.2 Å². The van der Waals surface area contributed by atoms with Crippen LogP contribution in [0.5, 0.6) is 0 Å². The number of carbonyl (C=O) groups is 1. The fourth-order valence-corrected chi connectivity index (χ4v) is 0.119. The van der Waals surface area contributed by atoms with Gasteiger partial charge in [-0.1, -0.05) is 0 Å². The van der Waals surface area contributed by atoms with E-state index >= 15 is 0 Å². The lowest BCUT2D eigenvalue weighted by Gasteiger charge is -1.92. The molecule has 0 saturated heterocycles. The molecule has 1 unspecified atom stereocenters. The van der Waals surface area contributed by atoms with Gasteiger partial charge in [-0.3, -0.25) is 0 Å². The first-order valence-electron chi connectivity index (χ1n) is 2.23. The third-order valence-corrected chi connectivity index (χ3v) is 0.300. The average molecular weight is 106 g/mol. The van der Waals surface area contributed by atoms with Crippen LogP contribution >= 0.6 is 0 Å².